The molecular formula is C21H19NO6. The molecule has 0 unspecified atom stereocenters. The van der Waals surface area contributed by atoms with Crippen LogP contribution in [-0.4, -0.2) is 38.5 Å². The van der Waals surface area contributed by atoms with Crippen molar-refractivity contribution in [3.05, 3.63) is 36.6 Å². The van der Waals surface area contributed by atoms with Crippen molar-refractivity contribution in [2.45, 2.75) is 0 Å². The standard InChI is InChI=1S/C21H19NO6/c1-24-12-5-6-14-13(9-12)18(19-15(22-14)10-28-21(19)23)11-7-16(25-2)20(27-4)17(8-11)26-3/h5-10,23H,1-4H3. The second-order valence-electron chi connectivity index (χ2n) is 6.08. The number of pyridine rings is 1. The topological polar surface area (TPSA) is 83.2 Å². The predicted molar refractivity (Wildman–Crippen MR) is 105 cm³/mol. The first kappa shape index (κ1) is 17.8. The summed E-state index contributed by atoms with van der Waals surface area (Å²) in [5.41, 5.74) is 2.75. The second kappa shape index (κ2) is 6.84. The highest BCUT2D eigenvalue weighted by Gasteiger charge is 2.21. The number of aromatic hydroxyl groups is 1. The fraction of sp³-hybridized carbons (Fsp3) is 0.190. The van der Waals surface area contributed by atoms with Crippen molar-refractivity contribution in [3.8, 4) is 40.1 Å². The van der Waals surface area contributed by atoms with E-state index in [1.807, 2.05) is 30.3 Å². The van der Waals surface area contributed by atoms with Crippen molar-refractivity contribution in [2.75, 3.05) is 28.4 Å². The molecule has 28 heavy (non-hydrogen) atoms. The molecule has 0 bridgehead atoms. The van der Waals surface area contributed by atoms with Crippen LogP contribution < -0.4 is 18.9 Å². The number of nitrogens with zero attached hydrogens (tertiary/aromatic N) is 1. The third-order valence-corrected chi connectivity index (χ3v) is 4.67. The number of ether oxygens (including phenoxy) is 4. The van der Waals surface area contributed by atoms with Crippen molar-refractivity contribution < 1.29 is 28.5 Å². The van der Waals surface area contributed by atoms with Crippen molar-refractivity contribution in [3.63, 3.8) is 0 Å². The fourth-order valence-corrected chi connectivity index (χ4v) is 3.39. The van der Waals surface area contributed by atoms with E-state index < -0.39 is 0 Å². The third kappa shape index (κ3) is 2.63. The highest BCUT2D eigenvalue weighted by Crippen LogP contribution is 2.46. The van der Waals surface area contributed by atoms with E-state index in [-0.39, 0.29) is 5.95 Å². The Morgan fingerprint density at radius 2 is 1.57 bits per heavy atom. The van der Waals surface area contributed by atoms with Crippen LogP contribution in [0.5, 0.6) is 28.9 Å². The molecule has 0 aliphatic heterocycles. The lowest BCUT2D eigenvalue weighted by atomic mass is 9.96. The van der Waals surface area contributed by atoms with Crippen LogP contribution in [0.25, 0.3) is 32.9 Å². The second-order valence-corrected chi connectivity index (χ2v) is 6.08. The van der Waals surface area contributed by atoms with Gasteiger partial charge in [0, 0.05) is 10.9 Å². The fourth-order valence-electron chi connectivity index (χ4n) is 3.39. The molecule has 2 heterocycles. The minimum atomic E-state index is -0.212. The molecule has 0 saturated heterocycles. The minimum absolute atomic E-state index is 0.212. The van der Waals surface area contributed by atoms with E-state index in [2.05, 4.69) is 4.98 Å². The zero-order valence-electron chi connectivity index (χ0n) is 15.9. The Morgan fingerprint density at radius 1 is 0.857 bits per heavy atom. The van der Waals surface area contributed by atoms with Gasteiger partial charge in [-0.1, -0.05) is 0 Å². The van der Waals surface area contributed by atoms with E-state index in [1.165, 1.54) is 6.26 Å². The average molecular weight is 381 g/mol. The first-order chi connectivity index (χ1) is 13.6. The van der Waals surface area contributed by atoms with Crippen molar-refractivity contribution in [1.29, 1.82) is 0 Å². The molecule has 0 aliphatic rings. The zero-order chi connectivity index (χ0) is 19.8. The van der Waals surface area contributed by atoms with Gasteiger partial charge < -0.3 is 28.5 Å². The Hall–Kier alpha value is -3.61. The Morgan fingerprint density at radius 3 is 2.18 bits per heavy atom. The number of hydrogen-bond donors (Lipinski definition) is 1. The van der Waals surface area contributed by atoms with Gasteiger partial charge in [-0.05, 0) is 35.9 Å². The summed E-state index contributed by atoms with van der Waals surface area (Å²) in [6, 6.07) is 9.20. The van der Waals surface area contributed by atoms with Gasteiger partial charge in [0.2, 0.25) is 5.75 Å². The van der Waals surface area contributed by atoms with Crippen molar-refractivity contribution in [1.82, 2.24) is 4.98 Å². The van der Waals surface area contributed by atoms with Crippen LogP contribution in [0.3, 0.4) is 0 Å². The molecule has 0 atom stereocenters. The number of rotatable bonds is 5. The first-order valence-electron chi connectivity index (χ1n) is 8.49. The van der Waals surface area contributed by atoms with Gasteiger partial charge in [-0.25, -0.2) is 4.98 Å². The molecule has 7 heteroatoms. The minimum Gasteiger partial charge on any atom is -0.497 e. The Balaban J connectivity index is 2.15. The highest BCUT2D eigenvalue weighted by atomic mass is 16.5. The molecule has 0 spiro atoms. The van der Waals surface area contributed by atoms with Crippen LogP contribution in [0.4, 0.5) is 0 Å². The maximum Gasteiger partial charge on any atom is 0.292 e. The summed E-state index contributed by atoms with van der Waals surface area (Å²) in [6.45, 7) is 0. The summed E-state index contributed by atoms with van der Waals surface area (Å²) in [5.74, 6) is 1.94. The summed E-state index contributed by atoms with van der Waals surface area (Å²) < 4.78 is 27.0. The van der Waals surface area contributed by atoms with Crippen LogP contribution in [0, 0.1) is 0 Å². The van der Waals surface area contributed by atoms with Gasteiger partial charge in [0.05, 0.1) is 39.3 Å². The van der Waals surface area contributed by atoms with E-state index in [0.717, 1.165) is 22.0 Å². The quantitative estimate of drug-likeness (QED) is 0.549. The highest BCUT2D eigenvalue weighted by molar-refractivity contribution is 6.11. The van der Waals surface area contributed by atoms with Crippen LogP contribution in [-0.2, 0) is 0 Å². The van der Waals surface area contributed by atoms with Gasteiger partial charge in [-0.3, -0.25) is 0 Å². The van der Waals surface area contributed by atoms with Crippen molar-refractivity contribution >= 4 is 21.8 Å². The number of aromatic nitrogens is 1. The van der Waals surface area contributed by atoms with Gasteiger partial charge in [0.15, 0.2) is 11.5 Å². The third-order valence-electron chi connectivity index (χ3n) is 4.67. The van der Waals surface area contributed by atoms with Crippen LogP contribution in [0.15, 0.2) is 41.0 Å². The predicted octanol–water partition coefficient (Wildman–Crippen LogP) is 4.39. The summed E-state index contributed by atoms with van der Waals surface area (Å²) in [5, 5.41) is 11.7. The average Bonchev–Trinajstić information content (AvgIpc) is 3.10. The molecule has 4 rings (SSSR count). The Bertz CT molecular complexity index is 1160. The summed E-state index contributed by atoms with van der Waals surface area (Å²) >= 11 is 0. The summed E-state index contributed by atoms with van der Waals surface area (Å²) in [4.78, 5) is 4.58. The lowest BCUT2D eigenvalue weighted by Crippen LogP contribution is -1.96. The smallest absolute Gasteiger partial charge is 0.292 e. The van der Waals surface area contributed by atoms with Gasteiger partial charge in [0.25, 0.3) is 5.95 Å². The molecule has 0 fully saturated rings. The number of methoxy groups -OCH3 is 4. The van der Waals surface area contributed by atoms with Gasteiger partial charge in [0.1, 0.15) is 17.5 Å². The molecule has 0 amide bonds. The number of fused-ring (bicyclic) bond motifs is 2. The molecule has 7 nitrogen and oxygen atoms in total. The zero-order valence-corrected chi connectivity index (χ0v) is 15.9. The van der Waals surface area contributed by atoms with Crippen LogP contribution in [0.1, 0.15) is 0 Å². The van der Waals surface area contributed by atoms with E-state index in [1.54, 1.807) is 28.4 Å². The van der Waals surface area contributed by atoms with E-state index in [0.29, 0.717) is 33.9 Å². The van der Waals surface area contributed by atoms with Crippen LogP contribution >= 0.6 is 0 Å². The molecule has 0 saturated carbocycles. The lowest BCUT2D eigenvalue weighted by Gasteiger charge is -2.16. The van der Waals surface area contributed by atoms with Crippen LogP contribution in [0.2, 0.25) is 0 Å². The molecule has 144 valence electrons. The lowest BCUT2D eigenvalue weighted by molar-refractivity contribution is 0.324. The monoisotopic (exact) mass is 381 g/mol. The normalized spacial score (nSPS) is 11.0. The molecule has 1 N–H and O–H groups in total. The number of hydrogen-bond acceptors (Lipinski definition) is 7. The maximum absolute atomic E-state index is 10.4. The van der Waals surface area contributed by atoms with Gasteiger partial charge >= 0.3 is 0 Å². The van der Waals surface area contributed by atoms with E-state index >= 15 is 0 Å². The van der Waals surface area contributed by atoms with Gasteiger partial charge in [-0.15, -0.1) is 0 Å². The molecule has 0 aliphatic carbocycles. The Labute approximate surface area is 161 Å². The number of furan rings is 1. The van der Waals surface area contributed by atoms with E-state index in [4.69, 9.17) is 23.4 Å². The first-order valence-corrected chi connectivity index (χ1v) is 8.49. The maximum atomic E-state index is 10.4. The SMILES string of the molecule is COc1ccc2nc3coc(O)c3c(-c3cc(OC)c(OC)c(OC)c3)c2c1. The molecular weight excluding hydrogens is 362 g/mol. The Kier molecular flexibility index (Phi) is 4.35. The molecule has 4 aromatic rings. The van der Waals surface area contributed by atoms with Gasteiger partial charge in [-0.2, -0.15) is 0 Å². The van der Waals surface area contributed by atoms with E-state index in [9.17, 15) is 5.11 Å². The molecule has 2 aromatic heterocycles. The van der Waals surface area contributed by atoms with Crippen molar-refractivity contribution in [2.24, 2.45) is 0 Å². The summed E-state index contributed by atoms with van der Waals surface area (Å²) in [7, 11) is 6.26. The largest absolute Gasteiger partial charge is 0.497 e. The molecule has 0 radical (unpaired) electrons. The summed E-state index contributed by atoms with van der Waals surface area (Å²) in [6.07, 6.45) is 1.43. The number of benzene rings is 2. The molecule has 2 aromatic carbocycles.